The van der Waals surface area contributed by atoms with Crippen LogP contribution in [0.1, 0.15) is 35.9 Å². The Hall–Kier alpha value is -1.61. The van der Waals surface area contributed by atoms with Crippen LogP contribution >= 0.6 is 12.4 Å². The molecule has 27 heavy (non-hydrogen) atoms. The number of furan rings is 1. The standard InChI is InChI=1S/C18H24N2O5S.ClH/c1-4-24-18(21)17-12(2)15-11-14(5-6-16(15)25-17)26(22,23)20-9-7-13(19-3)8-10-20;/h5-6,11,13,19H,4,7-10H2,1-3H3;1H. The monoisotopic (exact) mass is 416 g/mol. The van der Waals surface area contributed by atoms with Crippen molar-refractivity contribution in [3.05, 3.63) is 29.5 Å². The largest absolute Gasteiger partial charge is 0.460 e. The van der Waals surface area contributed by atoms with Crippen molar-refractivity contribution < 1.29 is 22.4 Å². The number of nitrogens with one attached hydrogen (secondary N) is 1. The SMILES string of the molecule is CCOC(=O)c1oc2ccc(S(=O)(=O)N3CCC(NC)CC3)cc2c1C.Cl. The van der Waals surface area contributed by atoms with Crippen molar-refractivity contribution in [2.75, 3.05) is 26.7 Å². The number of fused-ring (bicyclic) bond motifs is 1. The van der Waals surface area contributed by atoms with E-state index in [0.717, 1.165) is 12.8 Å². The first kappa shape index (κ1) is 21.7. The van der Waals surface area contributed by atoms with Gasteiger partial charge in [-0.2, -0.15) is 4.31 Å². The van der Waals surface area contributed by atoms with Crippen molar-refractivity contribution in [3.8, 4) is 0 Å². The van der Waals surface area contributed by atoms with Crippen LogP contribution in [0.4, 0.5) is 0 Å². The molecule has 0 spiro atoms. The quantitative estimate of drug-likeness (QED) is 0.754. The van der Waals surface area contributed by atoms with E-state index in [1.807, 2.05) is 7.05 Å². The summed E-state index contributed by atoms with van der Waals surface area (Å²) in [6.07, 6.45) is 1.57. The van der Waals surface area contributed by atoms with Crippen LogP contribution in [-0.4, -0.2) is 51.5 Å². The first-order valence-corrected chi connectivity index (χ1v) is 10.2. The van der Waals surface area contributed by atoms with E-state index in [2.05, 4.69) is 5.32 Å². The van der Waals surface area contributed by atoms with Crippen molar-refractivity contribution in [3.63, 3.8) is 0 Å². The number of hydrogen-bond donors (Lipinski definition) is 1. The minimum Gasteiger partial charge on any atom is -0.460 e. The number of hydrogen-bond acceptors (Lipinski definition) is 6. The van der Waals surface area contributed by atoms with Crippen molar-refractivity contribution in [1.82, 2.24) is 9.62 Å². The molecular weight excluding hydrogens is 392 g/mol. The van der Waals surface area contributed by atoms with Crippen LogP contribution in [0.3, 0.4) is 0 Å². The maximum atomic E-state index is 13.0. The molecule has 0 saturated carbocycles. The highest BCUT2D eigenvalue weighted by atomic mass is 35.5. The fourth-order valence-electron chi connectivity index (χ4n) is 3.29. The second-order valence-corrected chi connectivity index (χ2v) is 8.34. The molecule has 1 saturated heterocycles. The van der Waals surface area contributed by atoms with Gasteiger partial charge in [0.1, 0.15) is 5.58 Å². The first-order valence-electron chi connectivity index (χ1n) is 8.76. The molecule has 0 unspecified atom stereocenters. The minimum atomic E-state index is -3.58. The van der Waals surface area contributed by atoms with E-state index >= 15 is 0 Å². The number of rotatable bonds is 5. The van der Waals surface area contributed by atoms with E-state index in [-0.39, 0.29) is 29.7 Å². The fraction of sp³-hybridized carbons (Fsp3) is 0.500. The van der Waals surface area contributed by atoms with E-state index in [4.69, 9.17) is 9.15 Å². The van der Waals surface area contributed by atoms with Crippen LogP contribution in [0.15, 0.2) is 27.5 Å². The van der Waals surface area contributed by atoms with E-state index in [9.17, 15) is 13.2 Å². The molecule has 0 amide bonds. The second-order valence-electron chi connectivity index (χ2n) is 6.40. The predicted octanol–water partition coefficient (Wildman–Crippen LogP) is 2.71. The molecular formula is C18H25ClN2O5S. The van der Waals surface area contributed by atoms with Crippen molar-refractivity contribution in [2.24, 2.45) is 0 Å². The Morgan fingerprint density at radius 1 is 1.33 bits per heavy atom. The molecule has 2 aromatic rings. The molecule has 2 heterocycles. The molecule has 1 aliphatic rings. The highest BCUT2D eigenvalue weighted by Crippen LogP contribution is 2.30. The second kappa shape index (κ2) is 8.60. The molecule has 7 nitrogen and oxygen atoms in total. The third-order valence-corrected chi connectivity index (χ3v) is 6.76. The minimum absolute atomic E-state index is 0. The van der Waals surface area contributed by atoms with Crippen LogP contribution in [0.2, 0.25) is 0 Å². The van der Waals surface area contributed by atoms with E-state index in [0.29, 0.717) is 35.7 Å². The Kier molecular flexibility index (Phi) is 6.91. The Balaban J connectivity index is 0.00000261. The predicted molar refractivity (Wildman–Crippen MR) is 105 cm³/mol. The van der Waals surface area contributed by atoms with Crippen molar-refractivity contribution >= 4 is 39.4 Å². The third kappa shape index (κ3) is 4.13. The van der Waals surface area contributed by atoms with E-state index in [1.54, 1.807) is 26.0 Å². The summed E-state index contributed by atoms with van der Waals surface area (Å²) in [6.45, 7) is 4.68. The number of nitrogens with zero attached hydrogens (tertiary/aromatic N) is 1. The van der Waals surface area contributed by atoms with Gasteiger partial charge in [0.2, 0.25) is 15.8 Å². The van der Waals surface area contributed by atoms with Gasteiger partial charge in [-0.25, -0.2) is 13.2 Å². The topological polar surface area (TPSA) is 88.8 Å². The lowest BCUT2D eigenvalue weighted by molar-refractivity contribution is 0.0491. The number of benzene rings is 1. The summed E-state index contributed by atoms with van der Waals surface area (Å²) in [6, 6.07) is 5.06. The number of ether oxygens (including phenoxy) is 1. The molecule has 0 aliphatic carbocycles. The zero-order valence-corrected chi connectivity index (χ0v) is 17.3. The lowest BCUT2D eigenvalue weighted by Gasteiger charge is -2.30. The molecule has 0 atom stereocenters. The molecule has 1 aromatic carbocycles. The van der Waals surface area contributed by atoms with Crippen LogP contribution in [-0.2, 0) is 14.8 Å². The summed E-state index contributed by atoms with van der Waals surface area (Å²) in [5.74, 6) is -0.425. The summed E-state index contributed by atoms with van der Waals surface area (Å²) in [5.41, 5.74) is 1.06. The van der Waals surface area contributed by atoms with Gasteiger partial charge >= 0.3 is 5.97 Å². The van der Waals surface area contributed by atoms with Gasteiger partial charge in [0, 0.05) is 30.1 Å². The summed E-state index contributed by atoms with van der Waals surface area (Å²) in [4.78, 5) is 12.2. The number of sulfonamides is 1. The van der Waals surface area contributed by atoms with E-state index in [1.165, 1.54) is 10.4 Å². The van der Waals surface area contributed by atoms with Gasteiger partial charge in [-0.05, 0) is 51.9 Å². The highest BCUT2D eigenvalue weighted by Gasteiger charge is 2.30. The van der Waals surface area contributed by atoms with Crippen LogP contribution in [0.5, 0.6) is 0 Å². The molecule has 3 rings (SSSR count). The number of carbonyl (C=O) groups is 1. The lowest BCUT2D eigenvalue weighted by atomic mass is 10.1. The zero-order valence-electron chi connectivity index (χ0n) is 15.6. The lowest BCUT2D eigenvalue weighted by Crippen LogP contribution is -2.43. The summed E-state index contributed by atoms with van der Waals surface area (Å²) in [7, 11) is -1.68. The van der Waals surface area contributed by atoms with Gasteiger partial charge in [-0.15, -0.1) is 12.4 Å². The molecule has 150 valence electrons. The van der Waals surface area contributed by atoms with Gasteiger partial charge < -0.3 is 14.5 Å². The number of aryl methyl sites for hydroxylation is 1. The van der Waals surface area contributed by atoms with Crippen LogP contribution < -0.4 is 5.32 Å². The maximum Gasteiger partial charge on any atom is 0.374 e. The van der Waals surface area contributed by atoms with Gasteiger partial charge in [0.05, 0.1) is 11.5 Å². The number of halogens is 1. The zero-order chi connectivity index (χ0) is 18.9. The van der Waals surface area contributed by atoms with E-state index < -0.39 is 16.0 Å². The number of esters is 1. The first-order chi connectivity index (χ1) is 12.4. The Morgan fingerprint density at radius 3 is 2.59 bits per heavy atom. The van der Waals surface area contributed by atoms with Crippen molar-refractivity contribution in [2.45, 2.75) is 37.6 Å². The van der Waals surface area contributed by atoms with Gasteiger partial charge in [0.15, 0.2) is 0 Å². The Bertz CT molecular complexity index is 917. The normalized spacial score (nSPS) is 16.3. The smallest absolute Gasteiger partial charge is 0.374 e. The van der Waals surface area contributed by atoms with Gasteiger partial charge in [-0.3, -0.25) is 0 Å². The highest BCUT2D eigenvalue weighted by molar-refractivity contribution is 7.89. The summed E-state index contributed by atoms with van der Waals surface area (Å²) < 4.78 is 38.0. The fourth-order valence-corrected chi connectivity index (χ4v) is 4.78. The van der Waals surface area contributed by atoms with Crippen LogP contribution in [0.25, 0.3) is 11.0 Å². The number of carbonyl (C=O) groups excluding carboxylic acids is 1. The summed E-state index contributed by atoms with van der Waals surface area (Å²) >= 11 is 0. The summed E-state index contributed by atoms with van der Waals surface area (Å²) in [5, 5.41) is 3.80. The molecule has 1 fully saturated rings. The molecule has 1 N–H and O–H groups in total. The average molecular weight is 417 g/mol. The molecule has 0 radical (unpaired) electrons. The average Bonchev–Trinajstić information content (AvgIpc) is 2.98. The van der Waals surface area contributed by atoms with Crippen LogP contribution in [0, 0.1) is 6.92 Å². The van der Waals surface area contributed by atoms with Gasteiger partial charge in [0.25, 0.3) is 0 Å². The Morgan fingerprint density at radius 2 is 2.00 bits per heavy atom. The Labute approximate surface area is 165 Å². The third-order valence-electron chi connectivity index (χ3n) is 4.87. The molecule has 1 aliphatic heterocycles. The van der Waals surface area contributed by atoms with Gasteiger partial charge in [-0.1, -0.05) is 0 Å². The maximum absolute atomic E-state index is 13.0. The molecule has 9 heteroatoms. The van der Waals surface area contributed by atoms with Crippen molar-refractivity contribution in [1.29, 1.82) is 0 Å². The number of piperidine rings is 1. The molecule has 1 aromatic heterocycles. The molecule has 0 bridgehead atoms.